The Labute approximate surface area is 102 Å². The van der Waals surface area contributed by atoms with E-state index in [2.05, 4.69) is 10.1 Å². The SMILES string of the molecule is CC1=NN(c2cc(=O)n3ccccc3n2)C(=O)C1. The second-order valence-corrected chi connectivity index (χ2v) is 4.10. The van der Waals surface area contributed by atoms with Crippen molar-refractivity contribution in [2.75, 3.05) is 5.01 Å². The Morgan fingerprint density at radius 1 is 1.28 bits per heavy atom. The van der Waals surface area contributed by atoms with Gasteiger partial charge in [0, 0.05) is 18.0 Å². The molecule has 1 aliphatic heterocycles. The quantitative estimate of drug-likeness (QED) is 0.743. The summed E-state index contributed by atoms with van der Waals surface area (Å²) in [5.41, 5.74) is 0.978. The van der Waals surface area contributed by atoms with Crippen molar-refractivity contribution in [3.63, 3.8) is 0 Å². The van der Waals surface area contributed by atoms with Gasteiger partial charge in [0.2, 0.25) is 0 Å². The summed E-state index contributed by atoms with van der Waals surface area (Å²) in [6.07, 6.45) is 1.91. The van der Waals surface area contributed by atoms with Gasteiger partial charge in [-0.2, -0.15) is 10.1 Å². The molecule has 2 aromatic rings. The third kappa shape index (κ3) is 1.58. The number of hydrogen-bond donors (Lipinski definition) is 0. The van der Waals surface area contributed by atoms with Crippen LogP contribution in [0, 0.1) is 0 Å². The number of fused-ring (bicyclic) bond motifs is 1. The van der Waals surface area contributed by atoms with Crippen molar-refractivity contribution in [1.82, 2.24) is 9.38 Å². The third-order valence-corrected chi connectivity index (χ3v) is 2.69. The number of aromatic nitrogens is 2. The minimum Gasteiger partial charge on any atom is -0.272 e. The lowest BCUT2D eigenvalue weighted by molar-refractivity contribution is -0.116. The van der Waals surface area contributed by atoms with Gasteiger partial charge in [-0.3, -0.25) is 14.0 Å². The highest BCUT2D eigenvalue weighted by atomic mass is 16.2. The van der Waals surface area contributed by atoms with Gasteiger partial charge in [-0.05, 0) is 19.1 Å². The molecule has 0 spiro atoms. The number of rotatable bonds is 1. The monoisotopic (exact) mass is 242 g/mol. The van der Waals surface area contributed by atoms with Crippen LogP contribution in [0.4, 0.5) is 5.82 Å². The molecule has 1 amide bonds. The van der Waals surface area contributed by atoms with Gasteiger partial charge in [0.05, 0.1) is 6.42 Å². The first kappa shape index (κ1) is 10.6. The maximum Gasteiger partial charge on any atom is 0.260 e. The Morgan fingerprint density at radius 3 is 2.83 bits per heavy atom. The molecule has 6 nitrogen and oxygen atoms in total. The molecule has 0 saturated carbocycles. The molecule has 0 fully saturated rings. The zero-order chi connectivity index (χ0) is 12.7. The first-order valence-electron chi connectivity index (χ1n) is 5.50. The van der Waals surface area contributed by atoms with Crippen molar-refractivity contribution in [2.45, 2.75) is 13.3 Å². The minimum absolute atomic E-state index is 0.167. The Hall–Kier alpha value is -2.50. The molecule has 0 saturated heterocycles. The van der Waals surface area contributed by atoms with Crippen LogP contribution in [0.1, 0.15) is 13.3 Å². The van der Waals surface area contributed by atoms with E-state index in [1.807, 2.05) is 0 Å². The fraction of sp³-hybridized carbons (Fsp3) is 0.167. The van der Waals surface area contributed by atoms with Gasteiger partial charge in [-0.25, -0.2) is 4.98 Å². The average molecular weight is 242 g/mol. The molecule has 18 heavy (non-hydrogen) atoms. The summed E-state index contributed by atoms with van der Waals surface area (Å²) < 4.78 is 1.42. The lowest BCUT2D eigenvalue weighted by Crippen LogP contribution is -2.24. The molecule has 0 atom stereocenters. The number of amides is 1. The van der Waals surface area contributed by atoms with Crippen molar-refractivity contribution in [2.24, 2.45) is 5.10 Å². The summed E-state index contributed by atoms with van der Waals surface area (Å²) in [4.78, 5) is 27.8. The standard InChI is InChI=1S/C12H10N4O2/c1-8-6-12(18)16(14-8)10-7-11(17)15-5-3-2-4-9(15)13-10/h2-5,7H,6H2,1H3. The average Bonchev–Trinajstić information content (AvgIpc) is 2.68. The van der Waals surface area contributed by atoms with Crippen LogP contribution in [0.5, 0.6) is 0 Å². The highest BCUT2D eigenvalue weighted by Gasteiger charge is 2.24. The number of pyridine rings is 1. The van der Waals surface area contributed by atoms with Crippen LogP contribution in [-0.2, 0) is 4.79 Å². The molecule has 0 N–H and O–H groups in total. The number of anilines is 1. The molecular weight excluding hydrogens is 232 g/mol. The summed E-state index contributed by atoms with van der Waals surface area (Å²) in [5.74, 6) is 0.104. The van der Waals surface area contributed by atoms with Gasteiger partial charge in [-0.15, -0.1) is 0 Å². The number of carbonyl (C=O) groups excluding carboxylic acids is 1. The van der Waals surface area contributed by atoms with Gasteiger partial charge < -0.3 is 0 Å². The van der Waals surface area contributed by atoms with Crippen LogP contribution < -0.4 is 10.6 Å². The Balaban J connectivity index is 2.20. The van der Waals surface area contributed by atoms with E-state index >= 15 is 0 Å². The molecule has 3 rings (SSSR count). The first-order valence-corrected chi connectivity index (χ1v) is 5.50. The Morgan fingerprint density at radius 2 is 2.11 bits per heavy atom. The molecule has 0 aliphatic carbocycles. The van der Waals surface area contributed by atoms with Crippen LogP contribution in [0.25, 0.3) is 5.65 Å². The molecule has 90 valence electrons. The van der Waals surface area contributed by atoms with Crippen LogP contribution in [0.2, 0.25) is 0 Å². The number of nitrogens with zero attached hydrogens (tertiary/aromatic N) is 4. The predicted octanol–water partition coefficient (Wildman–Crippen LogP) is 0.807. The van der Waals surface area contributed by atoms with Gasteiger partial charge in [-0.1, -0.05) is 6.07 Å². The number of carbonyl (C=O) groups is 1. The first-order chi connectivity index (χ1) is 8.65. The van der Waals surface area contributed by atoms with Crippen LogP contribution >= 0.6 is 0 Å². The van der Waals surface area contributed by atoms with Crippen molar-refractivity contribution < 1.29 is 4.79 Å². The van der Waals surface area contributed by atoms with Gasteiger partial charge in [0.1, 0.15) is 5.65 Å². The summed E-state index contributed by atoms with van der Waals surface area (Å²) in [7, 11) is 0. The highest BCUT2D eigenvalue weighted by Crippen LogP contribution is 2.17. The molecule has 0 radical (unpaired) electrons. The summed E-state index contributed by atoms with van der Waals surface area (Å²) >= 11 is 0. The van der Waals surface area contributed by atoms with E-state index in [1.54, 1.807) is 31.3 Å². The largest absolute Gasteiger partial charge is 0.272 e. The van der Waals surface area contributed by atoms with E-state index in [-0.39, 0.29) is 23.7 Å². The second kappa shape index (κ2) is 3.76. The molecule has 2 aromatic heterocycles. The van der Waals surface area contributed by atoms with E-state index in [9.17, 15) is 9.59 Å². The zero-order valence-corrected chi connectivity index (χ0v) is 9.70. The fourth-order valence-electron chi connectivity index (χ4n) is 1.88. The third-order valence-electron chi connectivity index (χ3n) is 2.69. The lowest BCUT2D eigenvalue weighted by Gasteiger charge is -2.10. The molecule has 3 heterocycles. The predicted molar refractivity (Wildman–Crippen MR) is 66.7 cm³/mol. The van der Waals surface area contributed by atoms with E-state index in [4.69, 9.17) is 0 Å². The minimum atomic E-state index is -0.233. The van der Waals surface area contributed by atoms with Crippen molar-refractivity contribution in [1.29, 1.82) is 0 Å². The highest BCUT2D eigenvalue weighted by molar-refractivity contribution is 6.11. The smallest absolute Gasteiger partial charge is 0.260 e. The van der Waals surface area contributed by atoms with E-state index in [1.165, 1.54) is 15.5 Å². The lowest BCUT2D eigenvalue weighted by atomic mass is 10.3. The van der Waals surface area contributed by atoms with Crippen molar-refractivity contribution >= 4 is 23.1 Å². The Bertz CT molecular complexity index is 732. The fourth-order valence-corrected chi connectivity index (χ4v) is 1.88. The molecule has 0 unspecified atom stereocenters. The van der Waals surface area contributed by atoms with Crippen molar-refractivity contribution in [3.8, 4) is 0 Å². The van der Waals surface area contributed by atoms with Gasteiger partial charge in [0.25, 0.3) is 11.5 Å². The normalized spacial score (nSPS) is 15.3. The van der Waals surface area contributed by atoms with Gasteiger partial charge in [0.15, 0.2) is 5.82 Å². The molecule has 0 bridgehead atoms. The second-order valence-electron chi connectivity index (χ2n) is 4.10. The van der Waals surface area contributed by atoms with Crippen LogP contribution in [0.3, 0.4) is 0 Å². The zero-order valence-electron chi connectivity index (χ0n) is 9.70. The maximum atomic E-state index is 11.9. The van der Waals surface area contributed by atoms with E-state index < -0.39 is 0 Å². The molecule has 0 aromatic carbocycles. The van der Waals surface area contributed by atoms with E-state index in [0.29, 0.717) is 5.65 Å². The van der Waals surface area contributed by atoms with Crippen molar-refractivity contribution in [3.05, 3.63) is 40.8 Å². The van der Waals surface area contributed by atoms with Crippen LogP contribution in [-0.4, -0.2) is 21.0 Å². The molecular formula is C12H10N4O2. The molecule has 1 aliphatic rings. The topological polar surface area (TPSA) is 67.0 Å². The van der Waals surface area contributed by atoms with Crippen LogP contribution in [0.15, 0.2) is 40.4 Å². The maximum absolute atomic E-state index is 11.9. The molecule has 6 heteroatoms. The summed E-state index contributed by atoms with van der Waals surface area (Å²) in [6, 6.07) is 6.56. The summed E-state index contributed by atoms with van der Waals surface area (Å²) in [5, 5.41) is 5.26. The van der Waals surface area contributed by atoms with Gasteiger partial charge >= 0.3 is 0 Å². The Kier molecular flexibility index (Phi) is 2.22. The van der Waals surface area contributed by atoms with E-state index in [0.717, 1.165) is 5.71 Å². The number of hydrogen-bond acceptors (Lipinski definition) is 4. The number of hydrazone groups is 1. The summed E-state index contributed by atoms with van der Waals surface area (Å²) in [6.45, 7) is 1.77.